The van der Waals surface area contributed by atoms with Crippen LogP contribution in [0.25, 0.3) is 0 Å². The molecule has 0 aliphatic carbocycles. The summed E-state index contributed by atoms with van der Waals surface area (Å²) in [6.45, 7) is 8.23. The number of hydrogen-bond acceptors (Lipinski definition) is 6. The lowest BCUT2D eigenvalue weighted by Gasteiger charge is -2.16. The summed E-state index contributed by atoms with van der Waals surface area (Å²) >= 11 is 4.40. The second kappa shape index (κ2) is 13.9. The number of rotatable bonds is 14. The molecule has 0 spiro atoms. The van der Waals surface area contributed by atoms with Gasteiger partial charge in [0, 0.05) is 30.4 Å². The molecular formula is C18H32N2O4S. The van der Waals surface area contributed by atoms with E-state index in [9.17, 15) is 4.79 Å². The fourth-order valence-corrected chi connectivity index (χ4v) is 1.94. The summed E-state index contributed by atoms with van der Waals surface area (Å²) in [4.78, 5) is 15.4. The summed E-state index contributed by atoms with van der Waals surface area (Å²) in [7, 11) is 0. The van der Waals surface area contributed by atoms with Crippen molar-refractivity contribution in [3.63, 3.8) is 0 Å². The van der Waals surface area contributed by atoms with Gasteiger partial charge in [-0.05, 0) is 38.5 Å². The van der Waals surface area contributed by atoms with Gasteiger partial charge in [0.05, 0.1) is 18.9 Å². The molecule has 0 aliphatic heterocycles. The van der Waals surface area contributed by atoms with Crippen LogP contribution in [0.4, 0.5) is 0 Å². The fourth-order valence-electron chi connectivity index (χ4n) is 1.82. The highest BCUT2D eigenvalue weighted by atomic mass is 32.1. The van der Waals surface area contributed by atoms with E-state index in [-0.39, 0.29) is 23.9 Å². The third-order valence-electron chi connectivity index (χ3n) is 3.27. The predicted molar refractivity (Wildman–Crippen MR) is 105 cm³/mol. The fraction of sp³-hybridized carbons (Fsp3) is 0.667. The van der Waals surface area contributed by atoms with Gasteiger partial charge in [0.2, 0.25) is 5.91 Å². The van der Waals surface area contributed by atoms with Gasteiger partial charge in [-0.15, -0.1) is 0 Å². The molecule has 0 aliphatic rings. The number of carbonyl (C=O) groups is 1. The molecular weight excluding hydrogens is 340 g/mol. The Kier molecular flexibility index (Phi) is 13.2. The van der Waals surface area contributed by atoms with Crippen molar-refractivity contribution < 1.29 is 19.7 Å². The number of thiol groups is 1. The topological polar surface area (TPSA) is 91.2 Å². The van der Waals surface area contributed by atoms with E-state index < -0.39 is 0 Å². The lowest BCUT2D eigenvalue weighted by molar-refractivity contribution is -0.121. The van der Waals surface area contributed by atoms with E-state index in [2.05, 4.69) is 29.7 Å². The average molecular weight is 373 g/mol. The van der Waals surface area contributed by atoms with E-state index in [1.807, 2.05) is 13.8 Å². The smallest absolute Gasteiger partial charge is 0.220 e. The molecule has 0 saturated carbocycles. The molecule has 6 nitrogen and oxygen atoms in total. The van der Waals surface area contributed by atoms with Gasteiger partial charge < -0.3 is 20.3 Å². The highest BCUT2D eigenvalue weighted by Gasteiger charge is 2.13. The lowest BCUT2D eigenvalue weighted by Crippen LogP contribution is -2.26. The monoisotopic (exact) mass is 372 g/mol. The maximum absolute atomic E-state index is 11.7. The largest absolute Gasteiger partial charge is 0.494 e. The third kappa shape index (κ3) is 14.7. The Hall–Kier alpha value is -1.31. The van der Waals surface area contributed by atoms with Crippen LogP contribution in [0.2, 0.25) is 0 Å². The second-order valence-electron chi connectivity index (χ2n) is 6.29. The molecule has 0 aromatic rings. The van der Waals surface area contributed by atoms with Gasteiger partial charge in [-0.2, -0.15) is 12.6 Å². The van der Waals surface area contributed by atoms with Crippen LogP contribution >= 0.6 is 12.6 Å². The molecule has 0 rings (SSSR count). The van der Waals surface area contributed by atoms with Crippen molar-refractivity contribution in [2.75, 3.05) is 26.4 Å². The van der Waals surface area contributed by atoms with Gasteiger partial charge in [0.1, 0.15) is 5.76 Å². The molecule has 0 aromatic heterocycles. The van der Waals surface area contributed by atoms with E-state index in [0.717, 1.165) is 19.3 Å². The molecule has 1 amide bonds. The number of aliphatic hydroxyl groups is 2. The van der Waals surface area contributed by atoms with Crippen molar-refractivity contribution in [3.8, 4) is 0 Å². The first kappa shape index (κ1) is 23.7. The zero-order valence-corrected chi connectivity index (χ0v) is 16.2. The Morgan fingerprint density at radius 3 is 2.64 bits per heavy atom. The number of nitrogens with one attached hydrogen (secondary N) is 1. The van der Waals surface area contributed by atoms with Crippen LogP contribution in [0.3, 0.4) is 0 Å². The van der Waals surface area contributed by atoms with Crippen LogP contribution in [-0.4, -0.2) is 54.0 Å². The number of amides is 1. The highest BCUT2D eigenvalue weighted by Crippen LogP contribution is 2.18. The van der Waals surface area contributed by atoms with Gasteiger partial charge in [-0.1, -0.05) is 13.8 Å². The molecule has 25 heavy (non-hydrogen) atoms. The van der Waals surface area contributed by atoms with Crippen molar-refractivity contribution in [2.45, 2.75) is 50.7 Å². The number of hydrogen-bond donors (Lipinski definition) is 4. The van der Waals surface area contributed by atoms with Crippen molar-refractivity contribution in [2.24, 2.45) is 4.99 Å². The molecule has 0 bridgehead atoms. The quantitative estimate of drug-likeness (QED) is 0.124. The van der Waals surface area contributed by atoms with E-state index in [4.69, 9.17) is 14.9 Å². The summed E-state index contributed by atoms with van der Waals surface area (Å²) in [5.74, 6) is 0.588. The van der Waals surface area contributed by atoms with Gasteiger partial charge in [-0.3, -0.25) is 9.79 Å². The normalized spacial score (nSPS) is 12.8. The van der Waals surface area contributed by atoms with Crippen LogP contribution in [0.5, 0.6) is 0 Å². The number of aliphatic hydroxyl groups excluding tert-OH is 2. The van der Waals surface area contributed by atoms with Gasteiger partial charge in [0.25, 0.3) is 0 Å². The molecule has 0 heterocycles. The number of nitrogens with zero attached hydrogens (tertiary/aromatic N) is 1. The summed E-state index contributed by atoms with van der Waals surface area (Å²) in [6, 6.07) is 0. The SMILES string of the molecule is C=N/C(=C\C(=C/CCO)OCCCCNC(=O)CCC(C)(C)S)CO. The minimum Gasteiger partial charge on any atom is -0.494 e. The Labute approximate surface area is 156 Å². The van der Waals surface area contributed by atoms with Crippen LogP contribution in [0.15, 0.2) is 28.6 Å². The second-order valence-corrected chi connectivity index (χ2v) is 7.50. The molecule has 0 radical (unpaired) electrons. The van der Waals surface area contributed by atoms with Crippen LogP contribution in [0.1, 0.15) is 46.0 Å². The molecule has 0 fully saturated rings. The number of carbonyl (C=O) groups excluding carboxylic acids is 1. The third-order valence-corrected chi connectivity index (χ3v) is 3.50. The Morgan fingerprint density at radius 2 is 2.08 bits per heavy atom. The summed E-state index contributed by atoms with van der Waals surface area (Å²) in [6.07, 6.45) is 6.59. The van der Waals surface area contributed by atoms with E-state index in [1.54, 1.807) is 12.2 Å². The van der Waals surface area contributed by atoms with Crippen molar-refractivity contribution >= 4 is 25.3 Å². The standard InChI is InChI=1S/C18H32N2O4S/c1-18(2,25)9-8-17(23)20-10-4-5-12-24-16(7-6-11-21)13-15(14-22)19-3/h7,13,21-22,25H,3-6,8-12,14H2,1-2H3,(H,20,23)/b15-13-,16-7+. The Bertz CT molecular complexity index is 456. The lowest BCUT2D eigenvalue weighted by atomic mass is 10.1. The zero-order chi connectivity index (χ0) is 19.1. The Morgan fingerprint density at radius 1 is 1.36 bits per heavy atom. The highest BCUT2D eigenvalue weighted by molar-refractivity contribution is 7.81. The van der Waals surface area contributed by atoms with Crippen molar-refractivity contribution in [3.05, 3.63) is 23.6 Å². The maximum Gasteiger partial charge on any atom is 0.220 e. The van der Waals surface area contributed by atoms with Crippen LogP contribution in [0, 0.1) is 0 Å². The summed E-state index contributed by atoms with van der Waals surface area (Å²) in [5.41, 5.74) is 0.406. The van der Waals surface area contributed by atoms with Crippen LogP contribution < -0.4 is 5.32 Å². The number of aliphatic imine (C=N–C) groups is 1. The van der Waals surface area contributed by atoms with E-state index in [0.29, 0.717) is 37.4 Å². The first-order valence-electron chi connectivity index (χ1n) is 8.53. The average Bonchev–Trinajstić information content (AvgIpc) is 2.57. The first-order chi connectivity index (χ1) is 11.8. The van der Waals surface area contributed by atoms with Crippen LogP contribution in [-0.2, 0) is 9.53 Å². The molecule has 0 aromatic carbocycles. The minimum atomic E-state index is -0.224. The Balaban J connectivity index is 4.04. The predicted octanol–water partition coefficient (Wildman–Crippen LogP) is 2.23. The van der Waals surface area contributed by atoms with Gasteiger partial charge in [-0.25, -0.2) is 0 Å². The number of allylic oxidation sites excluding steroid dienone is 1. The van der Waals surface area contributed by atoms with Crippen molar-refractivity contribution in [1.82, 2.24) is 5.32 Å². The molecule has 0 unspecified atom stereocenters. The molecule has 3 N–H and O–H groups in total. The molecule has 7 heteroatoms. The number of unbranched alkanes of at least 4 members (excludes halogenated alkanes) is 1. The van der Waals surface area contributed by atoms with Gasteiger partial charge >= 0.3 is 0 Å². The molecule has 144 valence electrons. The molecule has 0 atom stereocenters. The van der Waals surface area contributed by atoms with Crippen molar-refractivity contribution in [1.29, 1.82) is 0 Å². The minimum absolute atomic E-state index is 0.0196. The first-order valence-corrected chi connectivity index (χ1v) is 8.98. The van der Waals surface area contributed by atoms with Gasteiger partial charge in [0.15, 0.2) is 0 Å². The zero-order valence-electron chi connectivity index (χ0n) is 15.3. The van der Waals surface area contributed by atoms with E-state index in [1.165, 1.54) is 0 Å². The number of ether oxygens (including phenoxy) is 1. The summed E-state index contributed by atoms with van der Waals surface area (Å²) < 4.78 is 5.49. The summed E-state index contributed by atoms with van der Waals surface area (Å²) in [5, 5.41) is 20.9. The maximum atomic E-state index is 11.7. The van der Waals surface area contributed by atoms with E-state index >= 15 is 0 Å². The molecule has 0 saturated heterocycles.